The van der Waals surface area contributed by atoms with Crippen molar-refractivity contribution in [3.05, 3.63) is 24.3 Å². The van der Waals surface area contributed by atoms with Crippen molar-refractivity contribution in [1.29, 1.82) is 0 Å². The van der Waals surface area contributed by atoms with Crippen molar-refractivity contribution < 1.29 is 14.4 Å². The topological polar surface area (TPSA) is 81.8 Å². The van der Waals surface area contributed by atoms with Crippen molar-refractivity contribution in [2.75, 3.05) is 30.4 Å². The first-order chi connectivity index (χ1) is 11.8. The Hall–Kier alpha value is -2.41. The second-order valence-electron chi connectivity index (χ2n) is 6.78. The summed E-state index contributed by atoms with van der Waals surface area (Å²) in [5, 5.41) is 5.64. The average Bonchev–Trinajstić information content (AvgIpc) is 2.59. The third kappa shape index (κ3) is 5.03. The Morgan fingerprint density at radius 1 is 1.32 bits per heavy atom. The summed E-state index contributed by atoms with van der Waals surface area (Å²) >= 11 is 0. The van der Waals surface area contributed by atoms with Crippen LogP contribution in [0.4, 0.5) is 11.4 Å². The Kier molecular flexibility index (Phi) is 6.14. The van der Waals surface area contributed by atoms with Crippen molar-refractivity contribution in [2.45, 2.75) is 39.3 Å². The highest BCUT2D eigenvalue weighted by Crippen LogP contribution is 2.31. The molecule has 0 aromatic heterocycles. The molecule has 1 heterocycles. The fourth-order valence-electron chi connectivity index (χ4n) is 2.94. The van der Waals surface area contributed by atoms with Crippen molar-refractivity contribution in [3.63, 3.8) is 0 Å². The third-order valence-electron chi connectivity index (χ3n) is 3.90. The van der Waals surface area contributed by atoms with E-state index in [2.05, 4.69) is 10.6 Å². The second-order valence-corrected chi connectivity index (χ2v) is 6.78. The number of hydrogen-bond acceptors (Lipinski definition) is 4. The van der Waals surface area contributed by atoms with Crippen LogP contribution in [0.15, 0.2) is 24.3 Å². The number of fused-ring (bicyclic) bond motifs is 1. The van der Waals surface area contributed by atoms with Gasteiger partial charge < -0.3 is 15.5 Å². The lowest BCUT2D eigenvalue weighted by atomic mass is 10.1. The Labute approximate surface area is 148 Å². The zero-order valence-corrected chi connectivity index (χ0v) is 15.2. The van der Waals surface area contributed by atoms with Crippen molar-refractivity contribution >= 4 is 29.1 Å². The van der Waals surface area contributed by atoms with Gasteiger partial charge in [0.15, 0.2) is 0 Å². The van der Waals surface area contributed by atoms with Gasteiger partial charge in [-0.15, -0.1) is 0 Å². The van der Waals surface area contributed by atoms with Gasteiger partial charge in [0.25, 0.3) is 0 Å². The molecule has 0 saturated carbocycles. The number of amides is 3. The number of para-hydroxylation sites is 2. The predicted octanol–water partition coefficient (Wildman–Crippen LogP) is 1.21. The molecule has 2 rings (SSSR count). The summed E-state index contributed by atoms with van der Waals surface area (Å²) in [4.78, 5) is 40.0. The van der Waals surface area contributed by atoms with Crippen molar-refractivity contribution in [1.82, 2.24) is 10.2 Å². The summed E-state index contributed by atoms with van der Waals surface area (Å²) in [7, 11) is 1.73. The monoisotopic (exact) mass is 346 g/mol. The lowest BCUT2D eigenvalue weighted by molar-refractivity contribution is -0.124. The van der Waals surface area contributed by atoms with E-state index < -0.39 is 0 Å². The molecule has 1 aromatic carbocycles. The van der Waals surface area contributed by atoms with Gasteiger partial charge in [0.05, 0.1) is 24.5 Å². The van der Waals surface area contributed by atoms with Gasteiger partial charge in [0.1, 0.15) is 0 Å². The molecule has 25 heavy (non-hydrogen) atoms. The van der Waals surface area contributed by atoms with Crippen molar-refractivity contribution in [3.8, 4) is 0 Å². The molecule has 7 nitrogen and oxygen atoms in total. The standard InChI is InChI=1S/C18H26N4O3/c1-12(2)19-17(24)10-21(4)11-18(25)22-13(3)9-16(23)20-14-7-5-6-8-15(14)22/h5-8,12-13H,9-11H2,1-4H3,(H,19,24)(H,20,23)/t13-/m1/s1. The summed E-state index contributed by atoms with van der Waals surface area (Å²) in [6.45, 7) is 5.88. The Balaban J connectivity index is 2.12. The van der Waals surface area contributed by atoms with Crippen LogP contribution in [-0.4, -0.2) is 54.8 Å². The highest BCUT2D eigenvalue weighted by atomic mass is 16.2. The Morgan fingerprint density at radius 3 is 2.68 bits per heavy atom. The van der Waals surface area contributed by atoms with Crippen LogP contribution in [0, 0.1) is 0 Å². The molecule has 0 radical (unpaired) electrons. The zero-order valence-electron chi connectivity index (χ0n) is 15.2. The van der Waals surface area contributed by atoms with Crippen LogP contribution >= 0.6 is 0 Å². The van der Waals surface area contributed by atoms with E-state index in [1.807, 2.05) is 39.0 Å². The van der Waals surface area contributed by atoms with Crippen LogP contribution in [0.1, 0.15) is 27.2 Å². The highest BCUT2D eigenvalue weighted by molar-refractivity contribution is 6.05. The Bertz CT molecular complexity index is 659. The fraction of sp³-hybridized carbons (Fsp3) is 0.500. The smallest absolute Gasteiger partial charge is 0.241 e. The minimum Gasteiger partial charge on any atom is -0.353 e. The Morgan fingerprint density at radius 2 is 2.00 bits per heavy atom. The molecule has 0 unspecified atom stereocenters. The fourth-order valence-corrected chi connectivity index (χ4v) is 2.94. The molecule has 0 fully saturated rings. The van der Waals surface area contributed by atoms with Crippen LogP contribution in [0.25, 0.3) is 0 Å². The van der Waals surface area contributed by atoms with E-state index in [1.54, 1.807) is 22.9 Å². The van der Waals surface area contributed by atoms with E-state index >= 15 is 0 Å². The lowest BCUT2D eigenvalue weighted by Gasteiger charge is -2.29. The molecule has 1 aliphatic rings. The van der Waals surface area contributed by atoms with Crippen molar-refractivity contribution in [2.24, 2.45) is 0 Å². The highest BCUT2D eigenvalue weighted by Gasteiger charge is 2.30. The second kappa shape index (κ2) is 8.11. The first kappa shape index (κ1) is 18.9. The average molecular weight is 346 g/mol. The minimum absolute atomic E-state index is 0.0613. The zero-order chi connectivity index (χ0) is 18.6. The molecular formula is C18H26N4O3. The molecule has 136 valence electrons. The van der Waals surface area contributed by atoms with Gasteiger partial charge in [0, 0.05) is 18.5 Å². The van der Waals surface area contributed by atoms with Gasteiger partial charge in [-0.2, -0.15) is 0 Å². The molecule has 0 aliphatic carbocycles. The van der Waals surface area contributed by atoms with Gasteiger partial charge in [-0.05, 0) is 40.0 Å². The van der Waals surface area contributed by atoms with Gasteiger partial charge in [-0.1, -0.05) is 12.1 Å². The van der Waals surface area contributed by atoms with Gasteiger partial charge in [-0.3, -0.25) is 19.3 Å². The summed E-state index contributed by atoms with van der Waals surface area (Å²) in [5.41, 5.74) is 1.32. The summed E-state index contributed by atoms with van der Waals surface area (Å²) in [6.07, 6.45) is 0.234. The number of nitrogens with one attached hydrogen (secondary N) is 2. The number of likely N-dealkylation sites (N-methyl/N-ethyl adjacent to an activating group) is 1. The van der Waals surface area contributed by atoms with E-state index in [4.69, 9.17) is 0 Å². The van der Waals surface area contributed by atoms with Crippen LogP contribution in [0.3, 0.4) is 0 Å². The first-order valence-corrected chi connectivity index (χ1v) is 8.46. The largest absolute Gasteiger partial charge is 0.353 e. The molecular weight excluding hydrogens is 320 g/mol. The molecule has 0 saturated heterocycles. The SMILES string of the molecule is CC(C)NC(=O)CN(C)CC(=O)N1c2ccccc2NC(=O)C[C@H]1C. The van der Waals surface area contributed by atoms with E-state index in [0.717, 1.165) is 0 Å². The third-order valence-corrected chi connectivity index (χ3v) is 3.90. The molecule has 0 bridgehead atoms. The van der Waals surface area contributed by atoms with Gasteiger partial charge >= 0.3 is 0 Å². The predicted molar refractivity (Wildman–Crippen MR) is 97.4 cm³/mol. The van der Waals surface area contributed by atoms with Crippen LogP contribution < -0.4 is 15.5 Å². The molecule has 2 N–H and O–H groups in total. The summed E-state index contributed by atoms with van der Waals surface area (Å²) in [5.74, 6) is -0.373. The van der Waals surface area contributed by atoms with Crippen LogP contribution in [0.5, 0.6) is 0 Å². The van der Waals surface area contributed by atoms with Gasteiger partial charge in [0.2, 0.25) is 17.7 Å². The quantitative estimate of drug-likeness (QED) is 0.840. The molecule has 1 atom stereocenters. The van der Waals surface area contributed by atoms with Gasteiger partial charge in [-0.25, -0.2) is 0 Å². The van der Waals surface area contributed by atoms with E-state index in [9.17, 15) is 14.4 Å². The maximum atomic E-state index is 12.9. The number of hydrogen-bond donors (Lipinski definition) is 2. The van der Waals surface area contributed by atoms with Crippen LogP contribution in [0.2, 0.25) is 0 Å². The normalized spacial score (nSPS) is 17.1. The number of carbonyl (C=O) groups excluding carboxylic acids is 3. The number of nitrogens with zero attached hydrogens (tertiary/aromatic N) is 2. The summed E-state index contributed by atoms with van der Waals surface area (Å²) in [6, 6.07) is 7.07. The van der Waals surface area contributed by atoms with Crippen LogP contribution in [-0.2, 0) is 14.4 Å². The minimum atomic E-state index is -0.256. The summed E-state index contributed by atoms with van der Waals surface area (Å²) < 4.78 is 0. The maximum absolute atomic E-state index is 12.9. The maximum Gasteiger partial charge on any atom is 0.241 e. The molecule has 3 amide bonds. The molecule has 1 aliphatic heterocycles. The van der Waals surface area contributed by atoms with E-state index in [0.29, 0.717) is 11.4 Å². The number of anilines is 2. The first-order valence-electron chi connectivity index (χ1n) is 8.46. The van der Waals surface area contributed by atoms with E-state index in [1.165, 1.54) is 0 Å². The molecule has 7 heteroatoms. The molecule has 0 spiro atoms. The lowest BCUT2D eigenvalue weighted by Crippen LogP contribution is -2.46. The molecule has 1 aromatic rings. The number of carbonyl (C=O) groups is 3. The number of benzene rings is 1. The number of rotatable bonds is 5. The van der Waals surface area contributed by atoms with E-state index in [-0.39, 0.29) is 49.3 Å².